The zero-order valence-corrected chi connectivity index (χ0v) is 21.0. The van der Waals surface area contributed by atoms with Gasteiger partial charge in [-0.25, -0.2) is 4.98 Å². The van der Waals surface area contributed by atoms with Gasteiger partial charge in [-0.3, -0.25) is 8.98 Å². The fraction of sp³-hybridized carbons (Fsp3) is 0.250. The van der Waals surface area contributed by atoms with Gasteiger partial charge in [0.2, 0.25) is 11.8 Å². The van der Waals surface area contributed by atoms with Gasteiger partial charge in [-0.2, -0.15) is 8.42 Å². The molecule has 0 spiro atoms. The molecular formula is C24H25ClN2O7S. The minimum absolute atomic E-state index is 0.00963. The predicted molar refractivity (Wildman–Crippen MR) is 132 cm³/mol. The van der Waals surface area contributed by atoms with Gasteiger partial charge in [-0.15, -0.1) is 0 Å². The van der Waals surface area contributed by atoms with Crippen LogP contribution in [-0.2, 0) is 25.6 Å². The average molecular weight is 521 g/mol. The number of methoxy groups -OCH3 is 1. The number of carbonyl (C=O) groups is 1. The zero-order chi connectivity index (χ0) is 25.4. The number of ether oxygens (including phenoxy) is 3. The minimum Gasteiger partial charge on any atom is -0.497 e. The fourth-order valence-electron chi connectivity index (χ4n) is 3.10. The maximum Gasteiger partial charge on any atom is 0.264 e. The molecule has 0 saturated carbocycles. The first-order chi connectivity index (χ1) is 16.7. The number of rotatable bonds is 11. The summed E-state index contributed by atoms with van der Waals surface area (Å²) in [5.74, 6) is 1.49. The Morgan fingerprint density at radius 2 is 1.77 bits per heavy atom. The number of aromatic nitrogens is 1. The average Bonchev–Trinajstić information content (AvgIpc) is 2.82. The number of hydrogen-bond donors (Lipinski definition) is 0. The Kier molecular flexibility index (Phi) is 8.91. The maximum absolute atomic E-state index is 12.7. The molecule has 0 bridgehead atoms. The first kappa shape index (κ1) is 26.3. The van der Waals surface area contributed by atoms with Crippen LogP contribution >= 0.6 is 11.6 Å². The molecule has 0 aliphatic carbocycles. The molecule has 1 aromatic heterocycles. The van der Waals surface area contributed by atoms with Crippen molar-refractivity contribution in [3.8, 4) is 23.1 Å². The van der Waals surface area contributed by atoms with E-state index >= 15 is 0 Å². The summed E-state index contributed by atoms with van der Waals surface area (Å²) in [6.07, 6.45) is 2.53. The van der Waals surface area contributed by atoms with Gasteiger partial charge in [0.25, 0.3) is 10.1 Å². The van der Waals surface area contributed by atoms with Crippen molar-refractivity contribution >= 4 is 33.3 Å². The third-order valence-corrected chi connectivity index (χ3v) is 5.53. The van der Waals surface area contributed by atoms with E-state index in [0.29, 0.717) is 33.5 Å². The summed E-state index contributed by atoms with van der Waals surface area (Å²) >= 11 is 5.95. The van der Waals surface area contributed by atoms with Crippen LogP contribution in [0.3, 0.4) is 0 Å². The van der Waals surface area contributed by atoms with Crippen molar-refractivity contribution in [1.29, 1.82) is 0 Å². The van der Waals surface area contributed by atoms with Gasteiger partial charge in [-0.05, 0) is 54.6 Å². The second-order valence-electron chi connectivity index (χ2n) is 7.34. The number of pyridine rings is 1. The van der Waals surface area contributed by atoms with E-state index in [9.17, 15) is 13.2 Å². The smallest absolute Gasteiger partial charge is 0.264 e. The molecule has 0 saturated heterocycles. The Balaban J connectivity index is 1.88. The summed E-state index contributed by atoms with van der Waals surface area (Å²) < 4.78 is 44.1. The lowest BCUT2D eigenvalue weighted by Gasteiger charge is -2.24. The van der Waals surface area contributed by atoms with Crippen LogP contribution in [0.2, 0.25) is 5.02 Å². The molecule has 1 amide bonds. The van der Waals surface area contributed by atoms with E-state index in [2.05, 4.69) is 4.98 Å². The molecule has 0 radical (unpaired) electrons. The van der Waals surface area contributed by atoms with E-state index in [1.165, 1.54) is 18.9 Å². The van der Waals surface area contributed by atoms with Crippen LogP contribution in [0, 0.1) is 0 Å². The van der Waals surface area contributed by atoms with Gasteiger partial charge in [0.05, 0.1) is 19.9 Å². The lowest BCUT2D eigenvalue weighted by Crippen LogP contribution is -2.28. The molecule has 3 rings (SSSR count). The van der Waals surface area contributed by atoms with Crippen LogP contribution in [0.4, 0.5) is 5.69 Å². The topological polar surface area (TPSA) is 104 Å². The molecule has 35 heavy (non-hydrogen) atoms. The quantitative estimate of drug-likeness (QED) is 0.270. The SMILES string of the molecule is COc1ccc(OCCOS(C)(=O)=O)c(CN(C(C)=O)c2cccnc2Oc2ccc(Cl)cc2)c1. The molecule has 0 fully saturated rings. The first-order valence-corrected chi connectivity index (χ1v) is 12.7. The molecule has 0 atom stereocenters. The van der Waals surface area contributed by atoms with Gasteiger partial charge in [0.1, 0.15) is 36.1 Å². The van der Waals surface area contributed by atoms with E-state index in [1.807, 2.05) is 0 Å². The standard InChI is InChI=1S/C24H25ClN2O7S/c1-17(28)27(22-5-4-12-26-24(22)34-20-8-6-19(25)7-9-20)16-18-15-21(31-2)10-11-23(18)32-13-14-33-35(3,29)30/h4-12,15H,13-14,16H2,1-3H3. The molecule has 0 unspecified atom stereocenters. The van der Waals surface area contributed by atoms with Crippen molar-refractivity contribution in [2.24, 2.45) is 0 Å². The first-order valence-electron chi connectivity index (χ1n) is 10.5. The van der Waals surface area contributed by atoms with Crippen LogP contribution in [0.1, 0.15) is 12.5 Å². The van der Waals surface area contributed by atoms with Crippen LogP contribution in [0.15, 0.2) is 60.8 Å². The largest absolute Gasteiger partial charge is 0.497 e. The summed E-state index contributed by atoms with van der Waals surface area (Å²) in [5.41, 5.74) is 1.07. The molecule has 11 heteroatoms. The van der Waals surface area contributed by atoms with E-state index in [-0.39, 0.29) is 31.5 Å². The molecular weight excluding hydrogens is 496 g/mol. The zero-order valence-electron chi connectivity index (χ0n) is 19.4. The van der Waals surface area contributed by atoms with Gasteiger partial charge in [0.15, 0.2) is 0 Å². The van der Waals surface area contributed by atoms with Crippen molar-refractivity contribution in [3.05, 3.63) is 71.4 Å². The van der Waals surface area contributed by atoms with Crippen molar-refractivity contribution in [2.45, 2.75) is 13.5 Å². The van der Waals surface area contributed by atoms with Crippen LogP contribution in [-0.4, -0.2) is 45.9 Å². The van der Waals surface area contributed by atoms with Crippen LogP contribution < -0.4 is 19.1 Å². The highest BCUT2D eigenvalue weighted by molar-refractivity contribution is 7.85. The maximum atomic E-state index is 12.7. The second-order valence-corrected chi connectivity index (χ2v) is 9.42. The van der Waals surface area contributed by atoms with Crippen molar-refractivity contribution in [2.75, 3.05) is 31.5 Å². The van der Waals surface area contributed by atoms with Crippen LogP contribution in [0.25, 0.3) is 0 Å². The Morgan fingerprint density at radius 3 is 2.43 bits per heavy atom. The molecule has 0 aliphatic heterocycles. The van der Waals surface area contributed by atoms with Gasteiger partial charge >= 0.3 is 0 Å². The van der Waals surface area contributed by atoms with E-state index in [4.69, 9.17) is 30.0 Å². The highest BCUT2D eigenvalue weighted by atomic mass is 35.5. The number of carbonyl (C=O) groups excluding carboxylic acids is 1. The van der Waals surface area contributed by atoms with Gasteiger partial charge < -0.3 is 19.1 Å². The van der Waals surface area contributed by atoms with Crippen LogP contribution in [0.5, 0.6) is 23.1 Å². The van der Waals surface area contributed by atoms with Gasteiger partial charge in [-0.1, -0.05) is 11.6 Å². The predicted octanol–water partition coefficient (Wildman–Crippen LogP) is 4.44. The molecule has 186 valence electrons. The van der Waals surface area contributed by atoms with Crippen molar-refractivity contribution in [3.63, 3.8) is 0 Å². The number of amides is 1. The number of halogens is 1. The third kappa shape index (κ3) is 7.84. The van der Waals surface area contributed by atoms with Crippen molar-refractivity contribution < 1.29 is 31.6 Å². The Bertz CT molecular complexity index is 1270. The summed E-state index contributed by atoms with van der Waals surface area (Å²) in [6.45, 7) is 1.38. The second kappa shape index (κ2) is 11.9. The highest BCUT2D eigenvalue weighted by Gasteiger charge is 2.21. The lowest BCUT2D eigenvalue weighted by atomic mass is 10.1. The lowest BCUT2D eigenvalue weighted by molar-refractivity contribution is -0.116. The van der Waals surface area contributed by atoms with Crippen molar-refractivity contribution in [1.82, 2.24) is 4.98 Å². The summed E-state index contributed by atoms with van der Waals surface area (Å²) in [4.78, 5) is 18.5. The number of benzene rings is 2. The van der Waals surface area contributed by atoms with E-state index in [0.717, 1.165) is 6.26 Å². The third-order valence-electron chi connectivity index (χ3n) is 4.68. The molecule has 3 aromatic rings. The summed E-state index contributed by atoms with van der Waals surface area (Å²) in [5, 5.41) is 0.566. The summed E-state index contributed by atoms with van der Waals surface area (Å²) in [7, 11) is -2.05. The normalized spacial score (nSPS) is 11.1. The minimum atomic E-state index is -3.58. The number of anilines is 1. The molecule has 0 N–H and O–H groups in total. The molecule has 0 aliphatic rings. The monoisotopic (exact) mass is 520 g/mol. The number of nitrogens with zero attached hydrogens (tertiary/aromatic N) is 2. The Hall–Kier alpha value is -3.34. The fourth-order valence-corrected chi connectivity index (χ4v) is 3.60. The summed E-state index contributed by atoms with van der Waals surface area (Å²) in [6, 6.07) is 15.3. The highest BCUT2D eigenvalue weighted by Crippen LogP contribution is 2.34. The van der Waals surface area contributed by atoms with Gasteiger partial charge in [0, 0.05) is 23.7 Å². The van der Waals surface area contributed by atoms with E-state index < -0.39 is 10.1 Å². The number of hydrogen-bond acceptors (Lipinski definition) is 8. The Morgan fingerprint density at radius 1 is 1.06 bits per heavy atom. The Labute approximate surface area is 209 Å². The van der Waals surface area contributed by atoms with E-state index in [1.54, 1.807) is 60.8 Å². The molecule has 1 heterocycles. The molecule has 2 aromatic carbocycles. The molecule has 9 nitrogen and oxygen atoms in total.